The minimum atomic E-state index is -0.347. The Bertz CT molecular complexity index is 2050. The molecule has 2 aliphatic heterocycles. The summed E-state index contributed by atoms with van der Waals surface area (Å²) in [7, 11) is 3.80. The summed E-state index contributed by atoms with van der Waals surface area (Å²) >= 11 is 14.0. The fraction of sp³-hybridized carbons (Fsp3) is 0.512. The van der Waals surface area contributed by atoms with E-state index in [1.54, 1.807) is 12.1 Å². The molecule has 4 heterocycles. The zero-order valence-corrected chi connectivity index (χ0v) is 32.7. The fourth-order valence-electron chi connectivity index (χ4n) is 9.19. The van der Waals surface area contributed by atoms with Crippen LogP contribution < -0.4 is 10.6 Å². The first-order chi connectivity index (χ1) is 26.1. The van der Waals surface area contributed by atoms with Crippen LogP contribution in [0.15, 0.2) is 36.4 Å². The van der Waals surface area contributed by atoms with Gasteiger partial charge in [-0.3, -0.25) is 19.4 Å². The highest BCUT2D eigenvalue weighted by molar-refractivity contribution is 6.40. The number of hydrogen-bond acceptors (Lipinski definition) is 7. The second-order valence-electron chi connectivity index (χ2n) is 15.7. The molecule has 2 aromatic heterocycles. The van der Waals surface area contributed by atoms with E-state index in [0.29, 0.717) is 56.8 Å². The summed E-state index contributed by atoms with van der Waals surface area (Å²) in [6.45, 7) is 4.45. The molecule has 0 radical (unpaired) electrons. The number of hydrogen-bond donors (Lipinski definition) is 3. The van der Waals surface area contributed by atoms with Crippen molar-refractivity contribution in [3.8, 4) is 11.1 Å². The summed E-state index contributed by atoms with van der Waals surface area (Å²) < 4.78 is 3.80. The summed E-state index contributed by atoms with van der Waals surface area (Å²) in [6, 6.07) is 11.3. The Morgan fingerprint density at radius 3 is 1.85 bits per heavy atom. The van der Waals surface area contributed by atoms with Crippen LogP contribution >= 0.6 is 23.2 Å². The van der Waals surface area contributed by atoms with Crippen LogP contribution in [0.5, 0.6) is 0 Å². The maximum atomic E-state index is 13.7. The van der Waals surface area contributed by atoms with Crippen molar-refractivity contribution < 1.29 is 14.7 Å². The monoisotopic (exact) mass is 772 g/mol. The highest BCUT2D eigenvalue weighted by Crippen LogP contribution is 2.40. The Kier molecular flexibility index (Phi) is 10.9. The van der Waals surface area contributed by atoms with E-state index >= 15 is 0 Å². The van der Waals surface area contributed by atoms with Gasteiger partial charge in [0.15, 0.2) is 11.6 Å². The fourth-order valence-corrected chi connectivity index (χ4v) is 9.74. The van der Waals surface area contributed by atoms with Gasteiger partial charge in [0, 0.05) is 88.2 Å². The van der Waals surface area contributed by atoms with Gasteiger partial charge in [-0.25, -0.2) is 9.97 Å². The van der Waals surface area contributed by atoms with Crippen LogP contribution in [0.25, 0.3) is 11.1 Å². The zero-order valence-electron chi connectivity index (χ0n) is 31.2. The number of aliphatic hydroxyl groups excluding tert-OH is 1. The van der Waals surface area contributed by atoms with Crippen molar-refractivity contribution in [1.29, 1.82) is 0 Å². The van der Waals surface area contributed by atoms with E-state index in [2.05, 4.69) is 20.4 Å². The average molecular weight is 774 g/mol. The van der Waals surface area contributed by atoms with Crippen LogP contribution in [0.2, 0.25) is 10.0 Å². The number of anilines is 2. The smallest absolute Gasteiger partial charge is 0.291 e. The molecule has 0 atom stereocenters. The van der Waals surface area contributed by atoms with Gasteiger partial charge in [0.05, 0.1) is 38.9 Å². The van der Waals surface area contributed by atoms with Gasteiger partial charge in [-0.05, 0) is 56.6 Å². The lowest BCUT2D eigenvalue weighted by Gasteiger charge is -2.37. The molecule has 13 heteroatoms. The second kappa shape index (κ2) is 15.8. The maximum Gasteiger partial charge on any atom is 0.291 e. The number of rotatable bonds is 8. The number of halogens is 2. The van der Waals surface area contributed by atoms with E-state index in [4.69, 9.17) is 33.2 Å². The summed E-state index contributed by atoms with van der Waals surface area (Å²) in [4.78, 5) is 41.9. The number of carbonyl (C=O) groups excluding carboxylic acids is 2. The number of benzene rings is 2. The third-order valence-electron chi connectivity index (χ3n) is 12.2. The average Bonchev–Trinajstić information content (AvgIpc) is 3.69. The summed E-state index contributed by atoms with van der Waals surface area (Å²) in [5.41, 5.74) is 6.20. The molecule has 8 rings (SSSR count). The molecule has 0 spiro atoms. The van der Waals surface area contributed by atoms with Crippen molar-refractivity contribution in [2.24, 2.45) is 20.0 Å². The molecule has 0 bridgehead atoms. The third-order valence-corrected chi connectivity index (χ3v) is 13.0. The van der Waals surface area contributed by atoms with Gasteiger partial charge in [0.25, 0.3) is 11.8 Å². The topological polar surface area (TPSA) is 121 Å². The SMILES string of the molecule is Cn1c(C(=O)Nc2cccc(-c3cccc(NC(=O)c4nc5c(n4C)CCN([C@H]4CC[C@H](O)CC4)C5)c3Cl)c2Cl)nc2c1CCN(CC1CCCCC1)C2. The molecule has 4 aromatic rings. The molecule has 54 heavy (non-hydrogen) atoms. The molecule has 2 aliphatic carbocycles. The Hall–Kier alpha value is -3.74. The van der Waals surface area contributed by atoms with Crippen molar-refractivity contribution >= 4 is 46.4 Å². The molecule has 2 fully saturated rings. The van der Waals surface area contributed by atoms with Gasteiger partial charge in [-0.15, -0.1) is 0 Å². The van der Waals surface area contributed by atoms with E-state index < -0.39 is 0 Å². The first kappa shape index (κ1) is 37.2. The first-order valence-electron chi connectivity index (χ1n) is 19.6. The Morgan fingerprint density at radius 2 is 1.28 bits per heavy atom. The van der Waals surface area contributed by atoms with Gasteiger partial charge in [-0.1, -0.05) is 66.7 Å². The molecule has 286 valence electrons. The first-order valence-corrected chi connectivity index (χ1v) is 20.3. The molecule has 2 amide bonds. The van der Waals surface area contributed by atoms with Crippen LogP contribution in [0.4, 0.5) is 11.4 Å². The summed E-state index contributed by atoms with van der Waals surface area (Å²) in [6.07, 6.45) is 11.8. The molecule has 2 saturated carbocycles. The predicted octanol–water partition coefficient (Wildman–Crippen LogP) is 7.23. The standard InChI is InChI=1S/C41H50Cl2N8O3/c1-48-34-18-20-50(22-25-8-4-3-5-9-25)23-32(34)44-38(48)40(53)46-30-12-6-10-28(36(30)42)29-11-7-13-31(37(29)43)47-41(54)39-45-33-24-51(21-19-35(33)49(39)2)26-14-16-27(52)17-15-26/h6-7,10-13,25-27,52H,3-5,8-9,14-24H2,1-2H3,(H,46,53)(H,47,54)/t26-,27-. The van der Waals surface area contributed by atoms with E-state index in [9.17, 15) is 14.7 Å². The van der Waals surface area contributed by atoms with Crippen molar-refractivity contribution in [2.45, 2.75) is 95.9 Å². The highest BCUT2D eigenvalue weighted by atomic mass is 35.5. The lowest BCUT2D eigenvalue weighted by molar-refractivity contribution is 0.0668. The molecule has 11 nitrogen and oxygen atoms in total. The number of imidazole rings is 2. The molecule has 4 aliphatic rings. The predicted molar refractivity (Wildman–Crippen MR) is 212 cm³/mol. The van der Waals surface area contributed by atoms with Crippen LogP contribution in [0.1, 0.15) is 102 Å². The molecular weight excluding hydrogens is 723 g/mol. The maximum absolute atomic E-state index is 13.7. The summed E-state index contributed by atoms with van der Waals surface area (Å²) in [5.74, 6) is 0.781. The minimum absolute atomic E-state index is 0.192. The third kappa shape index (κ3) is 7.45. The van der Waals surface area contributed by atoms with Gasteiger partial charge >= 0.3 is 0 Å². The number of nitrogens with zero attached hydrogens (tertiary/aromatic N) is 6. The molecule has 0 unspecified atom stereocenters. The molecule has 2 aromatic carbocycles. The van der Waals surface area contributed by atoms with Gasteiger partial charge in [-0.2, -0.15) is 0 Å². The normalized spacial score (nSPS) is 21.1. The number of aliphatic hydroxyl groups is 1. The number of fused-ring (bicyclic) bond motifs is 2. The number of aromatic nitrogens is 4. The summed E-state index contributed by atoms with van der Waals surface area (Å²) in [5, 5.41) is 16.6. The van der Waals surface area contributed by atoms with Crippen molar-refractivity contribution in [2.75, 3.05) is 30.3 Å². The van der Waals surface area contributed by atoms with Crippen LogP contribution in [-0.2, 0) is 40.0 Å². The van der Waals surface area contributed by atoms with Crippen LogP contribution in [0.3, 0.4) is 0 Å². The largest absolute Gasteiger partial charge is 0.393 e. The number of carbonyl (C=O) groups is 2. The molecule has 3 N–H and O–H groups in total. The zero-order chi connectivity index (χ0) is 37.5. The van der Waals surface area contributed by atoms with Crippen molar-refractivity contribution in [1.82, 2.24) is 28.9 Å². The number of amides is 2. The molecule has 0 saturated heterocycles. The quantitative estimate of drug-likeness (QED) is 0.173. The van der Waals surface area contributed by atoms with Crippen molar-refractivity contribution in [3.63, 3.8) is 0 Å². The molecular formula is C41H50Cl2N8O3. The van der Waals surface area contributed by atoms with E-state index in [0.717, 1.165) is 93.4 Å². The van der Waals surface area contributed by atoms with E-state index in [1.807, 2.05) is 47.5 Å². The van der Waals surface area contributed by atoms with Crippen molar-refractivity contribution in [3.05, 3.63) is 80.9 Å². The Morgan fingerprint density at radius 1 is 0.741 bits per heavy atom. The second-order valence-corrected chi connectivity index (χ2v) is 16.4. The van der Waals surface area contributed by atoms with Gasteiger partial charge in [0.2, 0.25) is 0 Å². The van der Waals surface area contributed by atoms with E-state index in [1.165, 1.54) is 32.1 Å². The lowest BCUT2D eigenvalue weighted by atomic mass is 9.88. The Balaban J connectivity index is 0.954. The Labute approximate surface area is 327 Å². The van der Waals surface area contributed by atoms with Gasteiger partial charge < -0.3 is 24.9 Å². The minimum Gasteiger partial charge on any atom is -0.393 e. The van der Waals surface area contributed by atoms with Crippen LogP contribution in [-0.4, -0.2) is 77.6 Å². The van der Waals surface area contributed by atoms with E-state index in [-0.39, 0.29) is 17.9 Å². The van der Waals surface area contributed by atoms with Crippen LogP contribution in [0, 0.1) is 5.92 Å². The lowest BCUT2D eigenvalue weighted by Crippen LogP contribution is -2.42. The van der Waals surface area contributed by atoms with Gasteiger partial charge in [0.1, 0.15) is 0 Å². The number of nitrogens with one attached hydrogen (secondary N) is 2. The highest BCUT2D eigenvalue weighted by Gasteiger charge is 2.32.